The number of nitrogens with zero attached hydrogens (tertiary/aromatic N) is 2. The van der Waals surface area contributed by atoms with Crippen LogP contribution in [0.4, 0.5) is 0 Å². The first kappa shape index (κ1) is 21.1. The molecule has 1 aliphatic rings. The molecule has 0 saturated heterocycles. The van der Waals surface area contributed by atoms with E-state index in [1.807, 2.05) is 54.7 Å². The number of thiazole rings is 1. The number of aromatic hydroxyl groups is 1. The summed E-state index contributed by atoms with van der Waals surface area (Å²) in [6.45, 7) is 0. The van der Waals surface area contributed by atoms with Crippen LogP contribution in [0.1, 0.15) is 34.8 Å². The summed E-state index contributed by atoms with van der Waals surface area (Å²) >= 11 is 3.14. The monoisotopic (exact) mass is 484 g/mol. The Balaban J connectivity index is 1.25. The normalized spacial score (nSPS) is 13.4. The van der Waals surface area contributed by atoms with Crippen LogP contribution in [0.15, 0.2) is 91.6 Å². The number of benzene rings is 2. The molecular formula is C27H20N2O3S2. The van der Waals surface area contributed by atoms with E-state index in [0.29, 0.717) is 23.7 Å². The second kappa shape index (κ2) is 8.74. The van der Waals surface area contributed by atoms with Gasteiger partial charge in [-0.05, 0) is 54.2 Å². The zero-order valence-corrected chi connectivity index (χ0v) is 19.7. The number of phenolic OH excluding ortho intramolecular Hbond substituents is 1. The van der Waals surface area contributed by atoms with Crippen LogP contribution >= 0.6 is 23.1 Å². The molecule has 3 heterocycles. The van der Waals surface area contributed by atoms with Gasteiger partial charge in [0.15, 0.2) is 4.34 Å². The summed E-state index contributed by atoms with van der Waals surface area (Å²) in [5, 5.41) is 11.5. The average molecular weight is 485 g/mol. The van der Waals surface area contributed by atoms with Gasteiger partial charge in [0.25, 0.3) is 0 Å². The molecule has 0 radical (unpaired) electrons. The van der Waals surface area contributed by atoms with Crippen molar-refractivity contribution in [3.8, 4) is 16.9 Å². The molecule has 2 aromatic carbocycles. The third kappa shape index (κ3) is 4.24. The molecule has 5 aromatic rings. The highest BCUT2D eigenvalue weighted by atomic mass is 32.2. The molecule has 7 heteroatoms. The first-order chi connectivity index (χ1) is 16.6. The van der Waals surface area contributed by atoms with Crippen molar-refractivity contribution in [2.24, 2.45) is 0 Å². The van der Waals surface area contributed by atoms with Crippen LogP contribution in [0.2, 0.25) is 0 Å². The Morgan fingerprint density at radius 1 is 1.09 bits per heavy atom. The molecule has 168 valence electrons. The smallest absolute Gasteiger partial charge is 0.336 e. The number of rotatable bonds is 6. The lowest BCUT2D eigenvalue weighted by Gasteiger charge is -2.08. The van der Waals surface area contributed by atoms with Gasteiger partial charge >= 0.3 is 5.63 Å². The SMILES string of the molecule is O=c1cc(-c2cccnc2)c2ccc(Sc3ncc(Cc4cccc(C5CC5)c4O)s3)cc2o1. The van der Waals surface area contributed by atoms with E-state index in [2.05, 4.69) is 9.97 Å². The predicted octanol–water partition coefficient (Wildman–Crippen LogP) is 6.64. The first-order valence-corrected chi connectivity index (χ1v) is 12.7. The summed E-state index contributed by atoms with van der Waals surface area (Å²) in [6, 6.07) is 17.2. The topological polar surface area (TPSA) is 76.2 Å². The molecule has 0 bridgehead atoms. The van der Waals surface area contributed by atoms with E-state index in [9.17, 15) is 9.90 Å². The van der Waals surface area contributed by atoms with Crippen molar-refractivity contribution >= 4 is 34.1 Å². The predicted molar refractivity (Wildman–Crippen MR) is 135 cm³/mol. The molecule has 1 N–H and O–H groups in total. The largest absolute Gasteiger partial charge is 0.507 e. The Morgan fingerprint density at radius 2 is 2.00 bits per heavy atom. The maximum absolute atomic E-state index is 12.2. The molecule has 0 spiro atoms. The van der Waals surface area contributed by atoms with Gasteiger partial charge in [-0.3, -0.25) is 4.98 Å². The summed E-state index contributed by atoms with van der Waals surface area (Å²) in [7, 11) is 0. The Kier molecular flexibility index (Phi) is 5.43. The molecule has 34 heavy (non-hydrogen) atoms. The fourth-order valence-corrected chi connectivity index (χ4v) is 6.20. The Morgan fingerprint density at radius 3 is 2.82 bits per heavy atom. The van der Waals surface area contributed by atoms with Gasteiger partial charge in [0.2, 0.25) is 0 Å². The highest BCUT2D eigenvalue weighted by molar-refractivity contribution is 8.01. The fourth-order valence-electron chi connectivity index (χ4n) is 4.15. The van der Waals surface area contributed by atoms with Crippen LogP contribution in [0.5, 0.6) is 5.75 Å². The van der Waals surface area contributed by atoms with Crippen LogP contribution in [0.25, 0.3) is 22.1 Å². The van der Waals surface area contributed by atoms with Gasteiger partial charge in [-0.25, -0.2) is 9.78 Å². The number of fused-ring (bicyclic) bond motifs is 1. The number of pyridine rings is 1. The van der Waals surface area contributed by atoms with Gasteiger partial charge in [0.05, 0.1) is 0 Å². The van der Waals surface area contributed by atoms with Crippen LogP contribution in [-0.4, -0.2) is 15.1 Å². The summed E-state index contributed by atoms with van der Waals surface area (Å²) in [5.41, 5.74) is 3.84. The standard InChI is InChI=1S/C27H20N2O3S2/c30-25-13-23(18-4-2-10-28-14-18)22-9-8-19(12-24(22)32-25)33-27-29-15-20(34-27)11-17-3-1-5-21(26(17)31)16-6-7-16/h1-5,8-10,12-16,31H,6-7,11H2. The second-order valence-corrected chi connectivity index (χ2v) is 10.8. The number of hydrogen-bond acceptors (Lipinski definition) is 7. The van der Waals surface area contributed by atoms with Gasteiger partial charge in [0, 0.05) is 57.4 Å². The molecule has 6 rings (SSSR count). The maximum atomic E-state index is 12.2. The minimum Gasteiger partial charge on any atom is -0.507 e. The molecule has 1 saturated carbocycles. The average Bonchev–Trinajstić information content (AvgIpc) is 3.60. The lowest BCUT2D eigenvalue weighted by molar-refractivity contribution is 0.462. The van der Waals surface area contributed by atoms with Crippen LogP contribution < -0.4 is 5.63 Å². The lowest BCUT2D eigenvalue weighted by Crippen LogP contribution is -1.98. The van der Waals surface area contributed by atoms with E-state index in [0.717, 1.165) is 54.6 Å². The molecule has 0 amide bonds. The number of phenols is 1. The highest BCUT2D eigenvalue weighted by Gasteiger charge is 2.27. The van der Waals surface area contributed by atoms with E-state index in [1.165, 1.54) is 17.8 Å². The van der Waals surface area contributed by atoms with Gasteiger partial charge in [-0.1, -0.05) is 36.0 Å². The van der Waals surface area contributed by atoms with Gasteiger partial charge in [0.1, 0.15) is 11.3 Å². The summed E-state index contributed by atoms with van der Waals surface area (Å²) < 4.78 is 6.40. The molecule has 0 unspecified atom stereocenters. The van der Waals surface area contributed by atoms with E-state index in [-0.39, 0.29) is 0 Å². The molecule has 0 atom stereocenters. The van der Waals surface area contributed by atoms with Crippen LogP contribution in [0, 0.1) is 0 Å². The summed E-state index contributed by atoms with van der Waals surface area (Å²) in [4.78, 5) is 23.0. The number of aromatic nitrogens is 2. The van der Waals surface area contributed by atoms with E-state index < -0.39 is 5.63 Å². The van der Waals surface area contributed by atoms with E-state index in [4.69, 9.17) is 4.42 Å². The minimum absolute atomic E-state index is 0.390. The summed E-state index contributed by atoms with van der Waals surface area (Å²) in [5.74, 6) is 0.945. The lowest BCUT2D eigenvalue weighted by atomic mass is 10.0. The maximum Gasteiger partial charge on any atom is 0.336 e. The molecule has 0 aliphatic heterocycles. The molecular weight excluding hydrogens is 464 g/mol. The zero-order chi connectivity index (χ0) is 23.1. The van der Waals surface area contributed by atoms with Crippen LogP contribution in [0.3, 0.4) is 0 Å². The first-order valence-electron chi connectivity index (χ1n) is 11.1. The fraction of sp³-hybridized carbons (Fsp3) is 0.148. The molecule has 3 aromatic heterocycles. The van der Waals surface area contributed by atoms with E-state index >= 15 is 0 Å². The van der Waals surface area contributed by atoms with Gasteiger partial charge in [-0.15, -0.1) is 11.3 Å². The van der Waals surface area contributed by atoms with Crippen molar-refractivity contribution in [1.82, 2.24) is 9.97 Å². The number of hydrogen-bond donors (Lipinski definition) is 1. The van der Waals surface area contributed by atoms with Crippen molar-refractivity contribution in [2.75, 3.05) is 0 Å². The molecule has 1 aliphatic carbocycles. The third-order valence-electron chi connectivity index (χ3n) is 5.96. The van der Waals surface area contributed by atoms with Gasteiger partial charge in [-0.2, -0.15) is 0 Å². The molecule has 5 nitrogen and oxygen atoms in total. The second-order valence-electron chi connectivity index (χ2n) is 8.38. The number of para-hydroxylation sites is 1. The Hall–Kier alpha value is -3.42. The summed E-state index contributed by atoms with van der Waals surface area (Å²) in [6.07, 6.45) is 8.30. The molecule has 1 fully saturated rings. The van der Waals surface area contributed by atoms with Crippen molar-refractivity contribution < 1.29 is 9.52 Å². The quantitative estimate of drug-likeness (QED) is 0.272. The minimum atomic E-state index is -0.390. The van der Waals surface area contributed by atoms with Crippen molar-refractivity contribution in [3.63, 3.8) is 0 Å². The highest BCUT2D eigenvalue weighted by Crippen LogP contribution is 2.45. The van der Waals surface area contributed by atoms with E-state index in [1.54, 1.807) is 23.7 Å². The van der Waals surface area contributed by atoms with Crippen molar-refractivity contribution in [3.05, 3.63) is 99.6 Å². The Labute approximate surface area is 204 Å². The van der Waals surface area contributed by atoms with Gasteiger partial charge < -0.3 is 9.52 Å². The Bertz CT molecular complexity index is 1560. The van der Waals surface area contributed by atoms with Crippen LogP contribution in [-0.2, 0) is 6.42 Å². The zero-order valence-electron chi connectivity index (χ0n) is 18.1. The van der Waals surface area contributed by atoms with Crippen molar-refractivity contribution in [2.45, 2.75) is 34.4 Å². The van der Waals surface area contributed by atoms with Crippen molar-refractivity contribution in [1.29, 1.82) is 0 Å². The third-order valence-corrected chi connectivity index (χ3v) is 8.02.